The van der Waals surface area contributed by atoms with Gasteiger partial charge in [0, 0.05) is 25.1 Å². The fraction of sp³-hybridized carbons (Fsp3) is 0.300. The maximum absolute atomic E-state index is 13.9. The number of carbonyl (C=O) groups excluding carboxylic acids is 1. The predicted molar refractivity (Wildman–Crippen MR) is 93.8 cm³/mol. The summed E-state index contributed by atoms with van der Waals surface area (Å²) in [5.74, 6) is -2.01. The van der Waals surface area contributed by atoms with E-state index in [9.17, 15) is 13.6 Å². The van der Waals surface area contributed by atoms with Gasteiger partial charge in [-0.05, 0) is 49.1 Å². The van der Waals surface area contributed by atoms with Crippen LogP contribution >= 0.6 is 0 Å². The zero-order valence-corrected chi connectivity index (χ0v) is 14.6. The molecule has 0 bridgehead atoms. The molecular weight excluding hydrogens is 336 g/mol. The topological polar surface area (TPSA) is 46.4 Å². The van der Waals surface area contributed by atoms with Crippen molar-refractivity contribution in [2.24, 2.45) is 0 Å². The van der Waals surface area contributed by atoms with Crippen molar-refractivity contribution < 1.29 is 13.6 Å². The Hall–Kier alpha value is -2.76. The first-order valence-corrected chi connectivity index (χ1v) is 8.59. The van der Waals surface area contributed by atoms with Crippen LogP contribution in [0.5, 0.6) is 0 Å². The number of hydrogen-bond acceptors (Lipinski definition) is 2. The van der Waals surface area contributed by atoms with E-state index in [1.54, 1.807) is 6.07 Å². The van der Waals surface area contributed by atoms with E-state index in [1.165, 1.54) is 13.0 Å². The van der Waals surface area contributed by atoms with Crippen molar-refractivity contribution in [3.8, 4) is 0 Å². The summed E-state index contributed by atoms with van der Waals surface area (Å²) in [4.78, 5) is 11.9. The first-order valence-electron chi connectivity index (χ1n) is 8.59. The Bertz CT molecular complexity index is 1030. The minimum atomic E-state index is -0.909. The fourth-order valence-corrected chi connectivity index (χ4v) is 3.92. The minimum Gasteiger partial charge on any atom is -0.346 e. The van der Waals surface area contributed by atoms with Crippen LogP contribution in [0.25, 0.3) is 5.52 Å². The van der Waals surface area contributed by atoms with Gasteiger partial charge in [0.1, 0.15) is 0 Å². The average molecular weight is 355 g/mol. The van der Waals surface area contributed by atoms with Crippen molar-refractivity contribution in [1.29, 1.82) is 0 Å². The van der Waals surface area contributed by atoms with Crippen molar-refractivity contribution in [3.05, 3.63) is 70.5 Å². The Labute approximate surface area is 149 Å². The van der Waals surface area contributed by atoms with Gasteiger partial charge in [0.25, 0.3) is 0 Å². The van der Waals surface area contributed by atoms with Crippen LogP contribution in [0, 0.1) is 18.6 Å². The molecule has 0 saturated heterocycles. The summed E-state index contributed by atoms with van der Waals surface area (Å²) in [5.41, 5.74) is 3.90. The minimum absolute atomic E-state index is 0.203. The van der Waals surface area contributed by atoms with Crippen LogP contribution in [0.3, 0.4) is 0 Å². The van der Waals surface area contributed by atoms with Crippen LogP contribution in [-0.4, -0.2) is 15.5 Å². The van der Waals surface area contributed by atoms with Crippen molar-refractivity contribution in [2.45, 2.75) is 38.6 Å². The van der Waals surface area contributed by atoms with Crippen LogP contribution < -0.4 is 5.32 Å². The second-order valence-electron chi connectivity index (χ2n) is 7.03. The zero-order chi connectivity index (χ0) is 18.5. The zero-order valence-electron chi connectivity index (χ0n) is 14.6. The smallest absolute Gasteiger partial charge is 0.217 e. The molecule has 0 aliphatic heterocycles. The van der Waals surface area contributed by atoms with Crippen molar-refractivity contribution in [1.82, 2.24) is 14.9 Å². The fourth-order valence-electron chi connectivity index (χ4n) is 3.92. The number of nitrogens with zero attached hydrogens (tertiary/aromatic N) is 2. The normalized spacial score (nSPS) is 19.4. The van der Waals surface area contributed by atoms with Crippen LogP contribution in [-0.2, 0) is 23.2 Å². The number of carbonyl (C=O) groups is 1. The SMILES string of the molecule is CC(=O)NC1(c2ccc(F)c(F)c2)CCc2nn3cc(C)ccc3c2C1. The van der Waals surface area contributed by atoms with E-state index in [0.717, 1.165) is 28.4 Å². The van der Waals surface area contributed by atoms with Crippen molar-refractivity contribution in [3.63, 3.8) is 0 Å². The van der Waals surface area contributed by atoms with Gasteiger partial charge in [-0.15, -0.1) is 0 Å². The molecule has 0 radical (unpaired) electrons. The quantitative estimate of drug-likeness (QED) is 0.765. The number of aryl methyl sites for hydroxylation is 2. The van der Waals surface area contributed by atoms with Gasteiger partial charge in [-0.1, -0.05) is 12.1 Å². The summed E-state index contributed by atoms with van der Waals surface area (Å²) in [5, 5.41) is 7.65. The lowest BCUT2D eigenvalue weighted by atomic mass is 9.75. The second kappa shape index (κ2) is 5.90. The first-order chi connectivity index (χ1) is 12.4. The Balaban J connectivity index is 1.85. The molecule has 26 heavy (non-hydrogen) atoms. The summed E-state index contributed by atoms with van der Waals surface area (Å²) >= 11 is 0. The van der Waals surface area contributed by atoms with Crippen LogP contribution in [0.4, 0.5) is 8.78 Å². The second-order valence-corrected chi connectivity index (χ2v) is 7.03. The Kier molecular flexibility index (Phi) is 3.79. The molecule has 1 atom stereocenters. The summed E-state index contributed by atoms with van der Waals surface area (Å²) in [7, 11) is 0. The van der Waals surface area contributed by atoms with Crippen LogP contribution in [0.1, 0.15) is 35.7 Å². The number of halogens is 2. The maximum Gasteiger partial charge on any atom is 0.217 e. The molecule has 3 aromatic rings. The maximum atomic E-state index is 13.9. The van der Waals surface area contributed by atoms with Crippen molar-refractivity contribution >= 4 is 11.4 Å². The molecule has 0 saturated carbocycles. The van der Waals surface area contributed by atoms with Gasteiger partial charge in [0.05, 0.1) is 16.7 Å². The Morgan fingerprint density at radius 1 is 1.23 bits per heavy atom. The molecule has 1 amide bonds. The van der Waals surface area contributed by atoms with E-state index >= 15 is 0 Å². The number of hydrogen-bond donors (Lipinski definition) is 1. The van der Waals surface area contributed by atoms with E-state index in [4.69, 9.17) is 0 Å². The molecule has 1 aliphatic rings. The van der Waals surface area contributed by atoms with Gasteiger partial charge < -0.3 is 5.32 Å². The molecule has 2 aromatic heterocycles. The molecule has 0 fully saturated rings. The Morgan fingerprint density at radius 2 is 2.04 bits per heavy atom. The molecule has 4 rings (SSSR count). The molecule has 1 N–H and O–H groups in total. The third-order valence-electron chi connectivity index (χ3n) is 5.12. The average Bonchev–Trinajstić information content (AvgIpc) is 2.93. The van der Waals surface area contributed by atoms with Crippen LogP contribution in [0.2, 0.25) is 0 Å². The highest BCUT2D eigenvalue weighted by Gasteiger charge is 2.39. The molecule has 4 nitrogen and oxygen atoms in total. The number of benzene rings is 1. The molecule has 134 valence electrons. The number of nitrogens with one attached hydrogen (secondary N) is 1. The van der Waals surface area contributed by atoms with Crippen LogP contribution in [0.15, 0.2) is 36.5 Å². The third-order valence-corrected chi connectivity index (χ3v) is 5.12. The van der Waals surface area contributed by atoms with E-state index in [-0.39, 0.29) is 5.91 Å². The van der Waals surface area contributed by atoms with Gasteiger partial charge in [-0.3, -0.25) is 4.79 Å². The number of pyridine rings is 1. The summed E-state index contributed by atoms with van der Waals surface area (Å²) in [6, 6.07) is 7.88. The number of amides is 1. The molecule has 2 heterocycles. The third kappa shape index (κ3) is 2.66. The molecular formula is C20H19F2N3O. The lowest BCUT2D eigenvalue weighted by molar-refractivity contribution is -0.121. The molecule has 6 heteroatoms. The van der Waals surface area contributed by atoms with Gasteiger partial charge in [0.2, 0.25) is 5.91 Å². The highest BCUT2D eigenvalue weighted by atomic mass is 19.2. The summed E-state index contributed by atoms with van der Waals surface area (Å²) < 4.78 is 29.1. The first kappa shape index (κ1) is 16.7. The van der Waals surface area contributed by atoms with E-state index < -0.39 is 17.2 Å². The lowest BCUT2D eigenvalue weighted by Gasteiger charge is -2.38. The van der Waals surface area contributed by atoms with Gasteiger partial charge >= 0.3 is 0 Å². The molecule has 1 unspecified atom stereocenters. The van der Waals surface area contributed by atoms with Gasteiger partial charge in [-0.2, -0.15) is 5.10 Å². The number of fused-ring (bicyclic) bond motifs is 3. The van der Waals surface area contributed by atoms with Gasteiger partial charge in [0.15, 0.2) is 11.6 Å². The number of aromatic nitrogens is 2. The monoisotopic (exact) mass is 355 g/mol. The lowest BCUT2D eigenvalue weighted by Crippen LogP contribution is -2.49. The number of rotatable bonds is 2. The highest BCUT2D eigenvalue weighted by Crippen LogP contribution is 2.38. The highest BCUT2D eigenvalue weighted by molar-refractivity contribution is 5.74. The molecule has 0 spiro atoms. The summed E-state index contributed by atoms with van der Waals surface area (Å²) in [6.45, 7) is 3.44. The summed E-state index contributed by atoms with van der Waals surface area (Å²) in [6.07, 6.45) is 3.67. The Morgan fingerprint density at radius 3 is 2.77 bits per heavy atom. The predicted octanol–water partition coefficient (Wildman–Crippen LogP) is 3.44. The van der Waals surface area contributed by atoms with E-state index in [1.807, 2.05) is 29.8 Å². The van der Waals surface area contributed by atoms with E-state index in [2.05, 4.69) is 10.4 Å². The van der Waals surface area contributed by atoms with Gasteiger partial charge in [-0.25, -0.2) is 13.3 Å². The molecule has 1 aliphatic carbocycles. The standard InChI is InChI=1S/C20H19F2N3O/c1-12-3-6-19-15-10-20(23-13(2)26,8-7-18(15)24-25(19)11-12)14-4-5-16(21)17(22)9-14/h3-6,9,11H,7-8,10H2,1-2H3,(H,23,26). The molecule has 1 aromatic carbocycles. The largest absolute Gasteiger partial charge is 0.346 e. The van der Waals surface area contributed by atoms with Crippen molar-refractivity contribution in [2.75, 3.05) is 0 Å². The van der Waals surface area contributed by atoms with E-state index in [0.29, 0.717) is 24.8 Å².